The van der Waals surface area contributed by atoms with Gasteiger partial charge in [-0.2, -0.15) is 4.98 Å². The molecule has 0 bridgehead atoms. The first kappa shape index (κ1) is 17.7. The number of imidazole rings is 1. The van der Waals surface area contributed by atoms with Crippen LogP contribution in [0.5, 0.6) is 0 Å². The van der Waals surface area contributed by atoms with E-state index in [0.29, 0.717) is 16.9 Å². The number of fused-ring (bicyclic) bond motifs is 1. The first-order valence-electron chi connectivity index (χ1n) is 8.65. The fourth-order valence-corrected chi connectivity index (χ4v) is 3.32. The zero-order valence-corrected chi connectivity index (χ0v) is 15.2. The molecular weight excluding hydrogens is 370 g/mol. The Morgan fingerprint density at radius 2 is 2.11 bits per heavy atom. The van der Waals surface area contributed by atoms with Crippen LogP contribution in [0.3, 0.4) is 0 Å². The number of hydrogen-bond donors (Lipinski definition) is 1. The molecule has 3 aromatic rings. The van der Waals surface area contributed by atoms with Crippen LogP contribution in [0.1, 0.15) is 31.1 Å². The molecule has 0 aliphatic carbocycles. The van der Waals surface area contributed by atoms with Crippen LogP contribution >= 0.6 is 11.6 Å². The number of halogens is 1. The zero-order valence-electron chi connectivity index (χ0n) is 14.5. The van der Waals surface area contributed by atoms with E-state index < -0.39 is 6.09 Å². The van der Waals surface area contributed by atoms with Gasteiger partial charge < -0.3 is 15.2 Å². The maximum Gasteiger partial charge on any atom is 0.404 e. The van der Waals surface area contributed by atoms with Crippen LogP contribution in [0.15, 0.2) is 30.6 Å². The highest BCUT2D eigenvalue weighted by Crippen LogP contribution is 2.30. The summed E-state index contributed by atoms with van der Waals surface area (Å²) in [6.07, 6.45) is 3.91. The lowest BCUT2D eigenvalue weighted by Gasteiger charge is -2.23. The Morgan fingerprint density at radius 1 is 1.30 bits per heavy atom. The molecule has 2 aromatic heterocycles. The van der Waals surface area contributed by atoms with E-state index in [9.17, 15) is 4.79 Å². The van der Waals surface area contributed by atoms with E-state index in [2.05, 4.69) is 15.0 Å². The summed E-state index contributed by atoms with van der Waals surface area (Å²) in [5, 5.41) is 0.149. The molecule has 9 heteroatoms. The summed E-state index contributed by atoms with van der Waals surface area (Å²) >= 11 is 6.18. The number of primary amides is 1. The van der Waals surface area contributed by atoms with E-state index in [1.54, 1.807) is 6.33 Å². The highest BCUT2D eigenvalue weighted by atomic mass is 35.5. The molecule has 1 fully saturated rings. The largest absolute Gasteiger partial charge is 0.445 e. The summed E-state index contributed by atoms with van der Waals surface area (Å²) in [5.74, 6) is 0. The molecule has 27 heavy (non-hydrogen) atoms. The fraction of sp³-hybridized carbons (Fsp3) is 0.333. The van der Waals surface area contributed by atoms with Crippen molar-refractivity contribution in [1.82, 2.24) is 19.5 Å². The number of nitrogens with zero attached hydrogens (tertiary/aromatic N) is 4. The smallest absolute Gasteiger partial charge is 0.404 e. The lowest BCUT2D eigenvalue weighted by molar-refractivity contribution is -0.0298. The predicted molar refractivity (Wildman–Crippen MR) is 99.0 cm³/mol. The minimum atomic E-state index is -0.807. The van der Waals surface area contributed by atoms with E-state index in [1.165, 1.54) is 0 Å². The molecule has 4 rings (SSSR count). The van der Waals surface area contributed by atoms with Crippen molar-refractivity contribution in [2.24, 2.45) is 5.73 Å². The number of carbonyl (C=O) groups is 1. The van der Waals surface area contributed by atoms with Crippen LogP contribution in [0.2, 0.25) is 5.28 Å². The molecule has 1 amide bonds. The van der Waals surface area contributed by atoms with Crippen LogP contribution in [-0.4, -0.2) is 32.2 Å². The molecule has 1 aliphatic heterocycles. The minimum Gasteiger partial charge on any atom is -0.445 e. The molecule has 3 heterocycles. The third-order valence-corrected chi connectivity index (χ3v) is 4.64. The number of nitrogens with two attached hydrogens (primary N) is 1. The van der Waals surface area contributed by atoms with Gasteiger partial charge in [0.25, 0.3) is 0 Å². The number of carbonyl (C=O) groups excluding carboxylic acids is 1. The lowest BCUT2D eigenvalue weighted by atomic mass is 10.1. The molecule has 1 unspecified atom stereocenters. The van der Waals surface area contributed by atoms with E-state index >= 15 is 0 Å². The highest BCUT2D eigenvalue weighted by molar-refractivity contribution is 6.28. The van der Waals surface area contributed by atoms with Crippen molar-refractivity contribution in [3.63, 3.8) is 0 Å². The molecule has 0 saturated carbocycles. The van der Waals surface area contributed by atoms with Crippen molar-refractivity contribution in [1.29, 1.82) is 0 Å². The van der Waals surface area contributed by atoms with Gasteiger partial charge in [-0.25, -0.2) is 14.8 Å². The van der Waals surface area contributed by atoms with E-state index in [0.717, 1.165) is 37.0 Å². The van der Waals surface area contributed by atoms with Gasteiger partial charge in [-0.1, -0.05) is 24.3 Å². The lowest BCUT2D eigenvalue weighted by Crippen LogP contribution is -2.17. The number of ether oxygens (including phenoxy) is 2. The van der Waals surface area contributed by atoms with E-state index in [4.69, 9.17) is 26.8 Å². The van der Waals surface area contributed by atoms with Gasteiger partial charge in [0.15, 0.2) is 5.65 Å². The molecule has 1 aromatic carbocycles. The molecule has 0 spiro atoms. The average Bonchev–Trinajstić information content (AvgIpc) is 3.10. The van der Waals surface area contributed by atoms with Gasteiger partial charge in [0.05, 0.1) is 6.33 Å². The second kappa shape index (κ2) is 7.50. The zero-order chi connectivity index (χ0) is 18.8. The topological polar surface area (TPSA) is 105 Å². The van der Waals surface area contributed by atoms with E-state index in [1.807, 2.05) is 28.8 Å². The number of aromatic nitrogens is 4. The standard InChI is InChI=1S/C18H18ClN5O3/c19-17-22-14(12-6-4-11(5-7-12)9-27-18(20)25)15-16(23-17)24(10-21-15)13-3-1-2-8-26-13/h4-7,10,13H,1-3,8-9H2,(H2,20,25). The molecular formula is C18H18ClN5O3. The van der Waals surface area contributed by atoms with Crippen LogP contribution in [-0.2, 0) is 16.1 Å². The molecule has 140 valence electrons. The number of amides is 1. The van der Waals surface area contributed by atoms with Gasteiger partial charge in [0, 0.05) is 12.2 Å². The second-order valence-corrected chi connectivity index (χ2v) is 6.63. The molecule has 1 saturated heterocycles. The Bertz CT molecular complexity index is 967. The summed E-state index contributed by atoms with van der Waals surface area (Å²) in [4.78, 5) is 24.0. The predicted octanol–water partition coefficient (Wildman–Crippen LogP) is 3.44. The number of rotatable bonds is 4. The van der Waals surface area contributed by atoms with Gasteiger partial charge in [0.1, 0.15) is 24.0 Å². The Labute approximate surface area is 160 Å². The fourth-order valence-electron chi connectivity index (χ4n) is 3.16. The molecule has 2 N–H and O–H groups in total. The van der Waals surface area contributed by atoms with Crippen LogP contribution in [0.25, 0.3) is 22.4 Å². The van der Waals surface area contributed by atoms with Crippen molar-refractivity contribution in [2.75, 3.05) is 6.61 Å². The SMILES string of the molecule is NC(=O)OCc1ccc(-c2nc(Cl)nc3c2ncn3C2CCCCO2)cc1. The molecule has 0 radical (unpaired) electrons. The first-order chi connectivity index (χ1) is 13.1. The van der Waals surface area contributed by atoms with Gasteiger partial charge in [-0.05, 0) is 36.4 Å². The minimum absolute atomic E-state index is 0.0871. The molecule has 1 atom stereocenters. The van der Waals surface area contributed by atoms with Crippen LogP contribution in [0, 0.1) is 0 Å². The van der Waals surface area contributed by atoms with Crippen molar-refractivity contribution < 1.29 is 14.3 Å². The summed E-state index contributed by atoms with van der Waals surface area (Å²) in [7, 11) is 0. The Hall–Kier alpha value is -2.71. The first-order valence-corrected chi connectivity index (χ1v) is 9.03. The van der Waals surface area contributed by atoms with Crippen LogP contribution < -0.4 is 5.73 Å². The van der Waals surface area contributed by atoms with Crippen molar-refractivity contribution in [2.45, 2.75) is 32.1 Å². The maximum absolute atomic E-state index is 10.7. The number of benzene rings is 1. The van der Waals surface area contributed by atoms with Gasteiger partial charge in [0.2, 0.25) is 5.28 Å². The molecule has 1 aliphatic rings. The normalized spacial score (nSPS) is 17.1. The third-order valence-electron chi connectivity index (χ3n) is 4.47. The quantitative estimate of drug-likeness (QED) is 0.687. The van der Waals surface area contributed by atoms with Crippen molar-refractivity contribution in [3.05, 3.63) is 41.4 Å². The van der Waals surface area contributed by atoms with Crippen molar-refractivity contribution in [3.8, 4) is 11.3 Å². The molecule has 8 nitrogen and oxygen atoms in total. The highest BCUT2D eigenvalue weighted by Gasteiger charge is 2.21. The van der Waals surface area contributed by atoms with Crippen molar-refractivity contribution >= 4 is 28.9 Å². The average molecular weight is 388 g/mol. The third kappa shape index (κ3) is 3.72. The summed E-state index contributed by atoms with van der Waals surface area (Å²) in [6, 6.07) is 7.41. The number of hydrogen-bond acceptors (Lipinski definition) is 6. The Morgan fingerprint density at radius 3 is 2.81 bits per heavy atom. The van der Waals surface area contributed by atoms with Gasteiger partial charge in [-0.15, -0.1) is 0 Å². The Kier molecular flexibility index (Phi) is 4.91. The summed E-state index contributed by atoms with van der Waals surface area (Å²) in [5.41, 5.74) is 8.59. The second-order valence-electron chi connectivity index (χ2n) is 6.29. The summed E-state index contributed by atoms with van der Waals surface area (Å²) in [6.45, 7) is 0.841. The van der Waals surface area contributed by atoms with Gasteiger partial charge in [-0.3, -0.25) is 4.57 Å². The maximum atomic E-state index is 10.7. The monoisotopic (exact) mass is 387 g/mol. The van der Waals surface area contributed by atoms with Gasteiger partial charge >= 0.3 is 6.09 Å². The van der Waals surface area contributed by atoms with E-state index in [-0.39, 0.29) is 18.1 Å². The summed E-state index contributed by atoms with van der Waals surface area (Å²) < 4.78 is 12.6. The van der Waals surface area contributed by atoms with Crippen LogP contribution in [0.4, 0.5) is 4.79 Å². The Balaban J connectivity index is 1.69.